The van der Waals surface area contributed by atoms with Crippen molar-refractivity contribution in [3.63, 3.8) is 0 Å². The van der Waals surface area contributed by atoms with E-state index in [0.717, 1.165) is 5.56 Å². The van der Waals surface area contributed by atoms with Crippen LogP contribution in [0.2, 0.25) is 5.02 Å². The highest BCUT2D eigenvalue weighted by Crippen LogP contribution is 2.47. The Morgan fingerprint density at radius 3 is 2.79 bits per heavy atom. The topological polar surface area (TPSA) is 106 Å². The average molecular weight is 491 g/mol. The zero-order chi connectivity index (χ0) is 24.8. The molecule has 2 aliphatic heterocycles. The van der Waals surface area contributed by atoms with Crippen LogP contribution in [0.4, 0.5) is 0 Å². The number of carbonyl (C=O) groups is 2. The third-order valence-corrected chi connectivity index (χ3v) is 7.23. The Kier molecular flexibility index (Phi) is 6.59. The summed E-state index contributed by atoms with van der Waals surface area (Å²) in [7, 11) is 1.63. The summed E-state index contributed by atoms with van der Waals surface area (Å²) in [4.78, 5) is 32.5. The van der Waals surface area contributed by atoms with Crippen molar-refractivity contribution in [1.82, 2.24) is 10.2 Å². The largest absolute Gasteiger partial charge is 0.487 e. The van der Waals surface area contributed by atoms with Crippen molar-refractivity contribution in [3.05, 3.63) is 28.8 Å². The highest BCUT2D eigenvalue weighted by molar-refractivity contribution is 6.31. The number of hydrogen-bond donors (Lipinski definition) is 2. The van der Waals surface area contributed by atoms with E-state index in [1.807, 2.05) is 45.9 Å². The molecule has 1 saturated carbocycles. The van der Waals surface area contributed by atoms with Gasteiger partial charge in [-0.2, -0.15) is 0 Å². The summed E-state index contributed by atoms with van der Waals surface area (Å²) in [5, 5.41) is 3.79. The van der Waals surface area contributed by atoms with Crippen LogP contribution in [-0.2, 0) is 14.3 Å². The number of halogens is 1. The summed E-state index contributed by atoms with van der Waals surface area (Å²) in [6.45, 7) is 8.26. The van der Waals surface area contributed by atoms with Crippen LogP contribution in [0.5, 0.6) is 5.75 Å². The van der Waals surface area contributed by atoms with Crippen LogP contribution in [0.3, 0.4) is 0 Å². The monoisotopic (exact) mass is 490 g/mol. The molecule has 4 atom stereocenters. The van der Waals surface area contributed by atoms with Gasteiger partial charge in [0.15, 0.2) is 5.96 Å². The molecule has 2 heterocycles. The molecule has 1 aromatic rings. The van der Waals surface area contributed by atoms with Gasteiger partial charge in [0.05, 0.1) is 18.0 Å². The Morgan fingerprint density at radius 2 is 2.12 bits per heavy atom. The lowest BCUT2D eigenvalue weighted by Gasteiger charge is -2.39. The van der Waals surface area contributed by atoms with Crippen molar-refractivity contribution < 1.29 is 19.1 Å². The number of carbonyl (C=O) groups excluding carboxylic acids is 2. The predicted octanol–water partition coefficient (Wildman–Crippen LogP) is 3.43. The normalized spacial score (nSPS) is 27.8. The van der Waals surface area contributed by atoms with Crippen LogP contribution in [-0.4, -0.2) is 53.6 Å². The van der Waals surface area contributed by atoms with Crippen LogP contribution in [0.25, 0.3) is 0 Å². The van der Waals surface area contributed by atoms with E-state index in [1.165, 1.54) is 0 Å². The molecule has 186 valence electrons. The maximum atomic E-state index is 13.4. The number of hydrogen-bond acceptors (Lipinski definition) is 6. The number of guanidine groups is 1. The predicted molar refractivity (Wildman–Crippen MR) is 131 cm³/mol. The standard InChI is InChI=1S/C25H35ClN4O4/c1-24(2)13-20(31)30(23(27)29-24)18(9-10-33-5)14-11-15(14)22(32)28-17-12-25(3,4)34-19-8-6-7-16(26)21(17)19/h6-8,14-15,17-18H,9-13H2,1-5H3,(H2,27,29)(H,28,32)/t14?,15?,17-,18+/m0/s1. The average Bonchev–Trinajstić information content (AvgIpc) is 3.48. The van der Waals surface area contributed by atoms with E-state index >= 15 is 0 Å². The molecule has 0 spiro atoms. The molecule has 0 saturated heterocycles. The number of fused-ring (bicyclic) bond motifs is 1. The van der Waals surface area contributed by atoms with E-state index in [2.05, 4.69) is 10.3 Å². The molecule has 2 unspecified atom stereocenters. The first-order valence-electron chi connectivity index (χ1n) is 11.9. The van der Waals surface area contributed by atoms with Gasteiger partial charge in [0.1, 0.15) is 11.4 Å². The lowest BCUT2D eigenvalue weighted by molar-refractivity contribution is -0.132. The highest BCUT2D eigenvalue weighted by Gasteiger charge is 2.52. The van der Waals surface area contributed by atoms with Crippen molar-refractivity contribution in [2.45, 2.75) is 76.6 Å². The summed E-state index contributed by atoms with van der Waals surface area (Å²) in [6, 6.07) is 5.07. The van der Waals surface area contributed by atoms with Crippen LogP contribution >= 0.6 is 11.6 Å². The minimum atomic E-state index is -0.522. The fourth-order valence-corrected chi connectivity index (χ4v) is 5.63. The number of ether oxygens (including phenoxy) is 2. The summed E-state index contributed by atoms with van der Waals surface area (Å²) in [5.41, 5.74) is 6.10. The molecule has 0 radical (unpaired) electrons. The molecule has 4 rings (SSSR count). The van der Waals surface area contributed by atoms with Gasteiger partial charge in [0.2, 0.25) is 11.8 Å². The van der Waals surface area contributed by atoms with Crippen LogP contribution in [0, 0.1) is 11.8 Å². The van der Waals surface area contributed by atoms with Gasteiger partial charge in [0.25, 0.3) is 0 Å². The first kappa shape index (κ1) is 24.8. The molecule has 2 amide bonds. The first-order chi connectivity index (χ1) is 15.9. The number of amides is 2. The lowest BCUT2D eigenvalue weighted by atomic mass is 9.89. The zero-order valence-electron chi connectivity index (χ0n) is 20.6. The Bertz CT molecular complexity index is 1010. The summed E-state index contributed by atoms with van der Waals surface area (Å²) in [5.74, 6) is 0.602. The third kappa shape index (κ3) is 5.03. The second-order valence-corrected chi connectivity index (χ2v) is 11.3. The molecule has 0 bridgehead atoms. The van der Waals surface area contributed by atoms with Crippen molar-refractivity contribution in [3.8, 4) is 5.75 Å². The molecular formula is C25H35ClN4O4. The highest BCUT2D eigenvalue weighted by atomic mass is 35.5. The van der Waals surface area contributed by atoms with E-state index in [-0.39, 0.29) is 48.1 Å². The molecule has 3 N–H and O–H groups in total. The number of methoxy groups -OCH3 is 1. The quantitative estimate of drug-likeness (QED) is 0.609. The van der Waals surface area contributed by atoms with Gasteiger partial charge in [-0.25, -0.2) is 4.99 Å². The maximum absolute atomic E-state index is 13.4. The van der Waals surface area contributed by atoms with Crippen molar-refractivity contribution in [2.75, 3.05) is 13.7 Å². The van der Waals surface area contributed by atoms with E-state index in [1.54, 1.807) is 12.0 Å². The van der Waals surface area contributed by atoms with E-state index in [4.69, 9.17) is 26.8 Å². The Balaban J connectivity index is 1.51. The number of aliphatic imine (C=N–C) groups is 1. The van der Waals surface area contributed by atoms with Crippen molar-refractivity contribution in [2.24, 2.45) is 22.6 Å². The molecule has 9 heteroatoms. The SMILES string of the molecule is COCC[C@H](C1CC1C(=O)N[C@H]1CC(C)(C)Oc2cccc(Cl)c21)N1C(=O)CC(C)(C)N=C1N. The van der Waals surface area contributed by atoms with Gasteiger partial charge in [-0.05, 0) is 58.6 Å². The maximum Gasteiger partial charge on any atom is 0.231 e. The lowest BCUT2D eigenvalue weighted by Crippen LogP contribution is -2.55. The Labute approximate surface area is 206 Å². The van der Waals surface area contributed by atoms with Crippen molar-refractivity contribution in [1.29, 1.82) is 0 Å². The molecule has 8 nitrogen and oxygen atoms in total. The van der Waals surface area contributed by atoms with Crippen molar-refractivity contribution >= 4 is 29.4 Å². The molecule has 1 aromatic carbocycles. The molecular weight excluding hydrogens is 456 g/mol. The van der Waals surface area contributed by atoms with Gasteiger partial charge in [-0.3, -0.25) is 14.5 Å². The second kappa shape index (κ2) is 9.04. The fourth-order valence-electron chi connectivity index (χ4n) is 5.34. The molecule has 34 heavy (non-hydrogen) atoms. The Morgan fingerprint density at radius 1 is 1.38 bits per heavy atom. The van der Waals surface area contributed by atoms with Gasteiger partial charge in [-0.1, -0.05) is 17.7 Å². The van der Waals surface area contributed by atoms with Gasteiger partial charge >= 0.3 is 0 Å². The number of nitrogens with zero attached hydrogens (tertiary/aromatic N) is 2. The molecule has 3 aliphatic rings. The number of rotatable bonds is 7. The number of nitrogens with one attached hydrogen (secondary N) is 1. The summed E-state index contributed by atoms with van der Waals surface area (Å²) >= 11 is 6.49. The van der Waals surface area contributed by atoms with Gasteiger partial charge in [0, 0.05) is 42.7 Å². The number of nitrogens with two attached hydrogens (primary N) is 1. The van der Waals surface area contributed by atoms with Crippen LogP contribution in [0.1, 0.15) is 65.0 Å². The Hall–Kier alpha value is -2.32. The van der Waals surface area contributed by atoms with E-state index < -0.39 is 11.1 Å². The smallest absolute Gasteiger partial charge is 0.231 e. The van der Waals surface area contributed by atoms with Crippen LogP contribution < -0.4 is 15.8 Å². The number of benzene rings is 1. The first-order valence-corrected chi connectivity index (χ1v) is 12.2. The van der Waals surface area contributed by atoms with E-state index in [0.29, 0.717) is 36.6 Å². The summed E-state index contributed by atoms with van der Waals surface area (Å²) < 4.78 is 11.4. The minimum absolute atomic E-state index is 0.00683. The van der Waals surface area contributed by atoms with Crippen LogP contribution in [0.15, 0.2) is 23.2 Å². The third-order valence-electron chi connectivity index (χ3n) is 6.90. The molecule has 1 fully saturated rings. The second-order valence-electron chi connectivity index (χ2n) is 10.9. The minimum Gasteiger partial charge on any atom is -0.487 e. The van der Waals surface area contributed by atoms with E-state index in [9.17, 15) is 9.59 Å². The van der Waals surface area contributed by atoms with Gasteiger partial charge < -0.3 is 20.5 Å². The van der Waals surface area contributed by atoms with Gasteiger partial charge in [-0.15, -0.1) is 0 Å². The molecule has 1 aliphatic carbocycles. The zero-order valence-corrected chi connectivity index (χ0v) is 21.3. The molecule has 0 aromatic heterocycles. The summed E-state index contributed by atoms with van der Waals surface area (Å²) in [6.07, 6.45) is 2.17. The fraction of sp³-hybridized carbons (Fsp3) is 0.640.